The molecule has 2 aliphatic rings. The molecule has 4 heterocycles. The van der Waals surface area contributed by atoms with Gasteiger partial charge < -0.3 is 15.0 Å². The maximum atomic E-state index is 15.4. The number of aromatic nitrogens is 4. The van der Waals surface area contributed by atoms with Crippen LogP contribution in [0, 0.1) is 12.7 Å². The van der Waals surface area contributed by atoms with E-state index in [1.165, 1.54) is 6.07 Å². The summed E-state index contributed by atoms with van der Waals surface area (Å²) >= 11 is 0. The molecule has 0 bridgehead atoms. The highest BCUT2D eigenvalue weighted by atomic mass is 19.1. The SMILES string of the molecule is Cc1cc(-c2cccc3ncc(-c4cnn(C5CCNCC5)c4)nc23)cc(F)c1C(=O)N1CCOCC1. The van der Waals surface area contributed by atoms with Gasteiger partial charge in [-0.05, 0) is 56.1 Å². The Morgan fingerprint density at radius 2 is 1.92 bits per heavy atom. The fraction of sp³-hybridized carbons (Fsp3) is 0.357. The van der Waals surface area contributed by atoms with E-state index in [-0.39, 0.29) is 11.5 Å². The smallest absolute Gasteiger partial charge is 0.257 e. The van der Waals surface area contributed by atoms with Crippen LogP contribution in [0.15, 0.2) is 48.9 Å². The van der Waals surface area contributed by atoms with Gasteiger partial charge in [0.2, 0.25) is 0 Å². The Labute approximate surface area is 214 Å². The van der Waals surface area contributed by atoms with Crippen LogP contribution < -0.4 is 5.32 Å². The van der Waals surface area contributed by atoms with Gasteiger partial charge in [0, 0.05) is 30.4 Å². The van der Waals surface area contributed by atoms with Crippen molar-refractivity contribution in [2.45, 2.75) is 25.8 Å². The van der Waals surface area contributed by atoms with E-state index in [4.69, 9.17) is 9.72 Å². The number of piperidine rings is 1. The molecule has 0 unspecified atom stereocenters. The summed E-state index contributed by atoms with van der Waals surface area (Å²) in [5, 5.41) is 7.98. The fourth-order valence-corrected chi connectivity index (χ4v) is 5.24. The van der Waals surface area contributed by atoms with Crippen LogP contribution in [0.3, 0.4) is 0 Å². The summed E-state index contributed by atoms with van der Waals surface area (Å²) in [6.45, 7) is 5.64. The van der Waals surface area contributed by atoms with E-state index in [9.17, 15) is 4.79 Å². The molecule has 0 spiro atoms. The highest BCUT2D eigenvalue weighted by Gasteiger charge is 2.24. The number of morpholine rings is 1. The van der Waals surface area contributed by atoms with Gasteiger partial charge >= 0.3 is 0 Å². The van der Waals surface area contributed by atoms with Crippen LogP contribution in [-0.4, -0.2) is 69.9 Å². The van der Waals surface area contributed by atoms with Gasteiger partial charge in [0.15, 0.2) is 0 Å². The molecule has 0 atom stereocenters. The number of rotatable bonds is 4. The molecule has 0 saturated carbocycles. The quantitative estimate of drug-likeness (QED) is 0.456. The molecule has 37 heavy (non-hydrogen) atoms. The predicted molar refractivity (Wildman–Crippen MR) is 139 cm³/mol. The minimum absolute atomic E-state index is 0.114. The number of fused-ring (bicyclic) bond motifs is 1. The van der Waals surface area contributed by atoms with Crippen LogP contribution >= 0.6 is 0 Å². The van der Waals surface area contributed by atoms with Crippen molar-refractivity contribution in [3.63, 3.8) is 0 Å². The van der Waals surface area contributed by atoms with Gasteiger partial charge in [-0.25, -0.2) is 9.37 Å². The van der Waals surface area contributed by atoms with Crippen LogP contribution in [0.5, 0.6) is 0 Å². The topological polar surface area (TPSA) is 85.2 Å². The largest absolute Gasteiger partial charge is 0.378 e. The normalized spacial score (nSPS) is 16.9. The summed E-state index contributed by atoms with van der Waals surface area (Å²) in [5.74, 6) is -0.827. The Morgan fingerprint density at radius 1 is 1.11 bits per heavy atom. The average Bonchev–Trinajstić information content (AvgIpc) is 3.43. The Bertz CT molecular complexity index is 1430. The van der Waals surface area contributed by atoms with Crippen LogP contribution in [-0.2, 0) is 4.74 Å². The minimum Gasteiger partial charge on any atom is -0.378 e. The van der Waals surface area contributed by atoms with Gasteiger partial charge in [-0.1, -0.05) is 18.2 Å². The van der Waals surface area contributed by atoms with Crippen LogP contribution in [0.2, 0.25) is 0 Å². The van der Waals surface area contributed by atoms with Gasteiger partial charge in [0.05, 0.1) is 53.9 Å². The first-order valence-corrected chi connectivity index (χ1v) is 12.8. The molecular weight excluding hydrogens is 471 g/mol. The predicted octanol–water partition coefficient (Wildman–Crippen LogP) is 4.00. The first kappa shape index (κ1) is 23.7. The minimum atomic E-state index is -0.532. The molecular formula is C28H29FN6O2. The molecule has 0 radical (unpaired) electrons. The van der Waals surface area contributed by atoms with Crippen molar-refractivity contribution in [3.8, 4) is 22.4 Å². The van der Waals surface area contributed by atoms with Gasteiger partial charge in [0.25, 0.3) is 5.91 Å². The van der Waals surface area contributed by atoms with Crippen LogP contribution in [0.4, 0.5) is 4.39 Å². The summed E-state index contributed by atoms with van der Waals surface area (Å²) in [6, 6.07) is 9.36. The first-order chi connectivity index (χ1) is 18.1. The molecule has 0 aliphatic carbocycles. The monoisotopic (exact) mass is 500 g/mol. The number of carbonyl (C=O) groups is 1. The van der Waals surface area contributed by atoms with E-state index in [1.54, 1.807) is 18.0 Å². The van der Waals surface area contributed by atoms with Crippen LogP contribution in [0.1, 0.15) is 34.8 Å². The van der Waals surface area contributed by atoms with Gasteiger partial charge in [0.1, 0.15) is 5.82 Å². The van der Waals surface area contributed by atoms with E-state index in [0.29, 0.717) is 49.0 Å². The molecule has 4 aromatic rings. The molecule has 1 amide bonds. The van der Waals surface area contributed by atoms with E-state index >= 15 is 4.39 Å². The molecule has 2 aromatic carbocycles. The summed E-state index contributed by atoms with van der Waals surface area (Å²) in [6.07, 6.45) is 7.71. The number of hydrogen-bond acceptors (Lipinski definition) is 6. The number of nitrogens with one attached hydrogen (secondary N) is 1. The van der Waals surface area contributed by atoms with Gasteiger partial charge in [-0.3, -0.25) is 14.5 Å². The number of aryl methyl sites for hydroxylation is 1. The summed E-state index contributed by atoms with van der Waals surface area (Å²) < 4.78 is 22.7. The Morgan fingerprint density at radius 3 is 2.70 bits per heavy atom. The number of carbonyl (C=O) groups excluding carboxylic acids is 1. The lowest BCUT2D eigenvalue weighted by Gasteiger charge is -2.27. The molecule has 2 aromatic heterocycles. The average molecular weight is 501 g/mol. The zero-order chi connectivity index (χ0) is 25.4. The first-order valence-electron chi connectivity index (χ1n) is 12.8. The third-order valence-corrected chi connectivity index (χ3v) is 7.26. The van der Waals surface area contributed by atoms with Gasteiger partial charge in [-0.2, -0.15) is 5.10 Å². The lowest BCUT2D eigenvalue weighted by Crippen LogP contribution is -2.41. The molecule has 1 N–H and O–H groups in total. The number of halogens is 1. The number of hydrogen-bond donors (Lipinski definition) is 1. The highest BCUT2D eigenvalue weighted by molar-refractivity contribution is 5.98. The molecule has 9 heteroatoms. The Kier molecular flexibility index (Phi) is 6.40. The van der Waals surface area contributed by atoms with Crippen molar-refractivity contribution >= 4 is 16.9 Å². The number of benzene rings is 2. The fourth-order valence-electron chi connectivity index (χ4n) is 5.24. The second kappa shape index (κ2) is 9.99. The molecule has 8 nitrogen and oxygen atoms in total. The van der Waals surface area contributed by atoms with Crippen molar-refractivity contribution in [1.29, 1.82) is 0 Å². The second-order valence-electron chi connectivity index (χ2n) is 9.67. The number of amides is 1. The van der Waals surface area contributed by atoms with Crippen molar-refractivity contribution in [2.24, 2.45) is 0 Å². The highest BCUT2D eigenvalue weighted by Crippen LogP contribution is 2.32. The number of para-hydroxylation sites is 1. The van der Waals surface area contributed by atoms with Crippen molar-refractivity contribution < 1.29 is 13.9 Å². The number of nitrogens with zero attached hydrogens (tertiary/aromatic N) is 5. The van der Waals surface area contributed by atoms with Crippen molar-refractivity contribution in [2.75, 3.05) is 39.4 Å². The molecule has 2 saturated heterocycles. The van der Waals surface area contributed by atoms with Crippen LogP contribution in [0.25, 0.3) is 33.4 Å². The van der Waals surface area contributed by atoms with E-state index in [1.807, 2.05) is 41.3 Å². The molecule has 6 rings (SSSR count). The lowest BCUT2D eigenvalue weighted by molar-refractivity contribution is 0.0299. The summed E-state index contributed by atoms with van der Waals surface area (Å²) in [7, 11) is 0. The molecule has 2 aliphatic heterocycles. The lowest BCUT2D eigenvalue weighted by atomic mass is 9.97. The summed E-state index contributed by atoms with van der Waals surface area (Å²) in [4.78, 5) is 24.2. The second-order valence-corrected chi connectivity index (χ2v) is 9.67. The standard InChI is InChI=1S/C28H29FN6O2/c1-18-13-19(14-23(29)26(18)28(36)34-9-11-37-12-10-34)22-3-2-4-24-27(22)33-25(16-31-24)20-15-32-35(17-20)21-5-7-30-8-6-21/h2-4,13-17,21,30H,5-12H2,1H3. The van der Waals surface area contributed by atoms with E-state index in [0.717, 1.165) is 48.3 Å². The zero-order valence-corrected chi connectivity index (χ0v) is 20.8. The third-order valence-electron chi connectivity index (χ3n) is 7.26. The van der Waals surface area contributed by atoms with Gasteiger partial charge in [-0.15, -0.1) is 0 Å². The summed E-state index contributed by atoms with van der Waals surface area (Å²) in [5.41, 5.74) is 5.16. The van der Waals surface area contributed by atoms with Crippen molar-refractivity contribution in [1.82, 2.24) is 30.0 Å². The Hall–Kier alpha value is -3.69. The van der Waals surface area contributed by atoms with Crippen molar-refractivity contribution in [3.05, 3.63) is 65.9 Å². The van der Waals surface area contributed by atoms with E-state index in [2.05, 4.69) is 15.4 Å². The molecule has 190 valence electrons. The molecule has 2 fully saturated rings. The third kappa shape index (κ3) is 4.60. The number of ether oxygens (including phenoxy) is 1. The van der Waals surface area contributed by atoms with E-state index < -0.39 is 5.82 Å². The zero-order valence-electron chi connectivity index (χ0n) is 20.8. The maximum Gasteiger partial charge on any atom is 0.257 e. The maximum absolute atomic E-state index is 15.4. The Balaban J connectivity index is 1.35.